The standard InChI is InChI=1S/C7H8BN3O2/c9-4-5-1-6(8(12)13)3-7(2-5)11-10/h1-3,11-13H,10H2. The molecule has 0 aliphatic heterocycles. The molecule has 0 bridgehead atoms. The van der Waals surface area contributed by atoms with Crippen LogP contribution < -0.4 is 16.7 Å². The van der Waals surface area contributed by atoms with Gasteiger partial charge in [0.05, 0.1) is 11.6 Å². The normalized spacial score (nSPS) is 9.08. The van der Waals surface area contributed by atoms with Crippen molar-refractivity contribution in [2.45, 2.75) is 0 Å². The Bertz CT molecular complexity index is 348. The van der Waals surface area contributed by atoms with Crippen LogP contribution in [-0.2, 0) is 0 Å². The first kappa shape index (κ1) is 9.54. The highest BCUT2D eigenvalue weighted by atomic mass is 16.4. The fourth-order valence-electron chi connectivity index (χ4n) is 0.949. The maximum absolute atomic E-state index is 8.84. The van der Waals surface area contributed by atoms with Crippen molar-refractivity contribution < 1.29 is 10.0 Å². The predicted octanol–water partition coefficient (Wildman–Crippen LogP) is -1.48. The summed E-state index contributed by atoms with van der Waals surface area (Å²) in [5, 5.41) is 26.3. The van der Waals surface area contributed by atoms with Gasteiger partial charge in [-0.25, -0.2) is 0 Å². The minimum Gasteiger partial charge on any atom is -0.423 e. The van der Waals surface area contributed by atoms with Crippen molar-refractivity contribution in [3.8, 4) is 6.07 Å². The minimum atomic E-state index is -1.60. The molecule has 1 aromatic rings. The van der Waals surface area contributed by atoms with E-state index in [4.69, 9.17) is 21.2 Å². The molecule has 0 spiro atoms. The Kier molecular flexibility index (Phi) is 2.87. The van der Waals surface area contributed by atoms with E-state index in [1.165, 1.54) is 18.2 Å². The smallest absolute Gasteiger partial charge is 0.423 e. The van der Waals surface area contributed by atoms with Gasteiger partial charge >= 0.3 is 7.12 Å². The number of benzene rings is 1. The maximum atomic E-state index is 8.84. The molecule has 66 valence electrons. The van der Waals surface area contributed by atoms with E-state index >= 15 is 0 Å². The van der Waals surface area contributed by atoms with Crippen LogP contribution in [-0.4, -0.2) is 17.2 Å². The molecule has 0 saturated heterocycles. The number of nitrogens with one attached hydrogen (secondary N) is 1. The topological polar surface area (TPSA) is 102 Å². The van der Waals surface area contributed by atoms with Gasteiger partial charge in [0.25, 0.3) is 0 Å². The molecule has 1 rings (SSSR count). The van der Waals surface area contributed by atoms with Gasteiger partial charge in [0.2, 0.25) is 0 Å². The summed E-state index contributed by atoms with van der Waals surface area (Å²) < 4.78 is 0. The minimum absolute atomic E-state index is 0.229. The van der Waals surface area contributed by atoms with Gasteiger partial charge in [-0.15, -0.1) is 0 Å². The van der Waals surface area contributed by atoms with Gasteiger partial charge in [-0.2, -0.15) is 5.26 Å². The molecule has 13 heavy (non-hydrogen) atoms. The molecule has 5 nitrogen and oxygen atoms in total. The van der Waals surface area contributed by atoms with Crippen LogP contribution in [0.3, 0.4) is 0 Å². The third-order valence-electron chi connectivity index (χ3n) is 1.55. The molecule has 0 fully saturated rings. The zero-order chi connectivity index (χ0) is 9.84. The number of hydrazine groups is 1. The Morgan fingerprint density at radius 1 is 1.38 bits per heavy atom. The Morgan fingerprint density at radius 3 is 2.54 bits per heavy atom. The third kappa shape index (κ3) is 2.19. The van der Waals surface area contributed by atoms with Gasteiger partial charge in [0.15, 0.2) is 0 Å². The largest absolute Gasteiger partial charge is 0.488 e. The van der Waals surface area contributed by atoms with Crippen LogP contribution in [0, 0.1) is 11.3 Å². The van der Waals surface area contributed by atoms with Crippen molar-refractivity contribution in [3.05, 3.63) is 23.8 Å². The number of hydrogen-bond donors (Lipinski definition) is 4. The molecular formula is C7H8BN3O2. The summed E-state index contributed by atoms with van der Waals surface area (Å²) in [6.07, 6.45) is 0. The summed E-state index contributed by atoms with van der Waals surface area (Å²) in [6.45, 7) is 0. The SMILES string of the molecule is N#Cc1cc(NN)cc(B(O)O)c1. The predicted molar refractivity (Wildman–Crippen MR) is 48.8 cm³/mol. The van der Waals surface area contributed by atoms with E-state index in [0.717, 1.165) is 0 Å². The molecule has 0 aromatic heterocycles. The second-order valence-corrected chi connectivity index (χ2v) is 2.47. The van der Waals surface area contributed by atoms with Gasteiger partial charge in [-0.3, -0.25) is 5.84 Å². The number of nitrogens with zero attached hydrogens (tertiary/aromatic N) is 1. The van der Waals surface area contributed by atoms with Crippen molar-refractivity contribution in [2.75, 3.05) is 5.43 Å². The van der Waals surface area contributed by atoms with Crippen molar-refractivity contribution in [1.82, 2.24) is 0 Å². The summed E-state index contributed by atoms with van der Waals surface area (Å²) in [7, 11) is -1.60. The lowest BCUT2D eigenvalue weighted by molar-refractivity contribution is 0.426. The van der Waals surface area contributed by atoms with E-state index in [1.54, 1.807) is 0 Å². The average molecular weight is 177 g/mol. The van der Waals surface area contributed by atoms with Gasteiger partial charge in [0.1, 0.15) is 0 Å². The molecule has 0 radical (unpaired) electrons. The molecule has 0 aliphatic rings. The Morgan fingerprint density at radius 2 is 2.08 bits per heavy atom. The first-order chi connectivity index (χ1) is 6.17. The van der Waals surface area contributed by atoms with E-state index in [9.17, 15) is 0 Å². The average Bonchev–Trinajstić information content (AvgIpc) is 2.16. The van der Waals surface area contributed by atoms with Crippen molar-refractivity contribution in [1.29, 1.82) is 5.26 Å². The first-order valence-corrected chi connectivity index (χ1v) is 3.55. The van der Waals surface area contributed by atoms with Crippen molar-refractivity contribution >= 4 is 18.3 Å². The molecule has 0 amide bonds. The van der Waals surface area contributed by atoms with E-state index in [-0.39, 0.29) is 5.46 Å². The number of anilines is 1. The van der Waals surface area contributed by atoms with Crippen LogP contribution in [0.4, 0.5) is 5.69 Å². The van der Waals surface area contributed by atoms with Gasteiger partial charge in [-0.05, 0) is 23.7 Å². The molecule has 0 heterocycles. The lowest BCUT2D eigenvalue weighted by Gasteiger charge is -2.04. The molecule has 5 N–H and O–H groups in total. The summed E-state index contributed by atoms with van der Waals surface area (Å²) in [5.74, 6) is 5.12. The molecule has 0 aliphatic carbocycles. The van der Waals surface area contributed by atoms with E-state index in [0.29, 0.717) is 11.3 Å². The summed E-state index contributed by atoms with van der Waals surface area (Å²) >= 11 is 0. The molecule has 0 saturated carbocycles. The van der Waals surface area contributed by atoms with Crippen molar-refractivity contribution in [3.63, 3.8) is 0 Å². The third-order valence-corrected chi connectivity index (χ3v) is 1.55. The van der Waals surface area contributed by atoms with Crippen molar-refractivity contribution in [2.24, 2.45) is 5.84 Å². The first-order valence-electron chi connectivity index (χ1n) is 3.55. The zero-order valence-corrected chi connectivity index (χ0v) is 6.73. The maximum Gasteiger partial charge on any atom is 0.488 e. The van der Waals surface area contributed by atoms with Crippen LogP contribution in [0.15, 0.2) is 18.2 Å². The fraction of sp³-hybridized carbons (Fsp3) is 0. The van der Waals surface area contributed by atoms with E-state index in [2.05, 4.69) is 5.43 Å². The lowest BCUT2D eigenvalue weighted by Crippen LogP contribution is -2.30. The molecule has 1 aromatic carbocycles. The van der Waals surface area contributed by atoms with Gasteiger partial charge in [-0.1, -0.05) is 0 Å². The number of nitrogens with two attached hydrogens (primary N) is 1. The van der Waals surface area contributed by atoms with E-state index < -0.39 is 7.12 Å². The quantitative estimate of drug-likeness (QED) is 0.250. The van der Waals surface area contributed by atoms with Gasteiger partial charge in [0, 0.05) is 5.69 Å². The van der Waals surface area contributed by atoms with E-state index in [1.807, 2.05) is 6.07 Å². The van der Waals surface area contributed by atoms with Crippen LogP contribution in [0.5, 0.6) is 0 Å². The Hall–Kier alpha value is -1.55. The summed E-state index contributed by atoms with van der Waals surface area (Å²) in [4.78, 5) is 0. The molecular weight excluding hydrogens is 169 g/mol. The number of nitrogen functional groups attached to an aromatic ring is 1. The highest BCUT2D eigenvalue weighted by Gasteiger charge is 2.12. The van der Waals surface area contributed by atoms with Crippen LogP contribution in [0.2, 0.25) is 0 Å². The van der Waals surface area contributed by atoms with Gasteiger partial charge < -0.3 is 15.5 Å². The molecule has 0 unspecified atom stereocenters. The summed E-state index contributed by atoms with van der Waals surface area (Å²) in [6, 6.07) is 6.22. The van der Waals surface area contributed by atoms with Crippen LogP contribution in [0.25, 0.3) is 0 Å². The Balaban J connectivity index is 3.17. The second-order valence-electron chi connectivity index (χ2n) is 2.47. The monoisotopic (exact) mass is 177 g/mol. The number of nitriles is 1. The molecule has 0 atom stereocenters. The van der Waals surface area contributed by atoms with Crippen LogP contribution in [0.1, 0.15) is 5.56 Å². The second kappa shape index (κ2) is 3.91. The molecule has 6 heteroatoms. The number of rotatable bonds is 2. The highest BCUT2D eigenvalue weighted by Crippen LogP contribution is 2.06. The van der Waals surface area contributed by atoms with Crippen LogP contribution >= 0.6 is 0 Å². The summed E-state index contributed by atoms with van der Waals surface area (Å²) in [5.41, 5.74) is 3.33. The zero-order valence-electron chi connectivity index (χ0n) is 6.73. The Labute approximate surface area is 75.5 Å². The fourth-order valence-corrected chi connectivity index (χ4v) is 0.949. The highest BCUT2D eigenvalue weighted by molar-refractivity contribution is 6.58. The lowest BCUT2D eigenvalue weighted by atomic mass is 9.79. The number of hydrogen-bond acceptors (Lipinski definition) is 5.